The van der Waals surface area contributed by atoms with Gasteiger partial charge < -0.3 is 14.9 Å². The highest BCUT2D eigenvalue weighted by Gasteiger charge is 2.15. The van der Waals surface area contributed by atoms with Crippen molar-refractivity contribution in [2.75, 3.05) is 5.73 Å². The first-order chi connectivity index (χ1) is 9.59. The molecule has 0 aliphatic heterocycles. The summed E-state index contributed by atoms with van der Waals surface area (Å²) in [7, 11) is 1.95. The van der Waals surface area contributed by atoms with Gasteiger partial charge in [0.25, 0.3) is 0 Å². The number of fused-ring (bicyclic) bond motifs is 1. The Morgan fingerprint density at radius 1 is 1.25 bits per heavy atom. The van der Waals surface area contributed by atoms with Crippen molar-refractivity contribution in [3.05, 3.63) is 29.7 Å². The Morgan fingerprint density at radius 2 is 2.05 bits per heavy atom. The molecular formula is C13H17N7. The molecule has 0 fully saturated rings. The number of anilines is 1. The van der Waals surface area contributed by atoms with E-state index in [9.17, 15) is 0 Å². The zero-order valence-electron chi connectivity index (χ0n) is 11.8. The van der Waals surface area contributed by atoms with Crippen molar-refractivity contribution in [1.82, 2.24) is 29.3 Å². The molecule has 7 heteroatoms. The van der Waals surface area contributed by atoms with E-state index in [0.717, 1.165) is 41.1 Å². The van der Waals surface area contributed by atoms with E-state index in [2.05, 4.69) is 38.6 Å². The first-order valence-corrected chi connectivity index (χ1v) is 6.48. The van der Waals surface area contributed by atoms with Crippen LogP contribution >= 0.6 is 0 Å². The van der Waals surface area contributed by atoms with Crippen LogP contribution in [0.4, 0.5) is 5.82 Å². The summed E-state index contributed by atoms with van der Waals surface area (Å²) in [6, 6.07) is 0. The minimum atomic E-state index is 0.535. The van der Waals surface area contributed by atoms with Crippen molar-refractivity contribution in [2.24, 2.45) is 7.05 Å². The maximum absolute atomic E-state index is 5.96. The number of nitrogen functional groups attached to an aromatic ring is 1. The first-order valence-electron chi connectivity index (χ1n) is 6.48. The van der Waals surface area contributed by atoms with Gasteiger partial charge in [0.05, 0.1) is 5.39 Å². The zero-order chi connectivity index (χ0) is 14.3. The third kappa shape index (κ3) is 1.82. The van der Waals surface area contributed by atoms with E-state index in [4.69, 9.17) is 5.73 Å². The molecular weight excluding hydrogens is 254 g/mol. The van der Waals surface area contributed by atoms with Crippen LogP contribution in [0.25, 0.3) is 11.0 Å². The lowest BCUT2D eigenvalue weighted by molar-refractivity contribution is 0.649. The summed E-state index contributed by atoms with van der Waals surface area (Å²) >= 11 is 0. The van der Waals surface area contributed by atoms with Gasteiger partial charge in [-0.3, -0.25) is 0 Å². The van der Waals surface area contributed by atoms with Crippen molar-refractivity contribution in [3.8, 4) is 0 Å². The number of hydrogen-bond acceptors (Lipinski definition) is 5. The summed E-state index contributed by atoms with van der Waals surface area (Å²) < 4.78 is 4.09. The van der Waals surface area contributed by atoms with Gasteiger partial charge in [-0.2, -0.15) is 0 Å². The third-order valence-corrected chi connectivity index (χ3v) is 3.80. The summed E-state index contributed by atoms with van der Waals surface area (Å²) in [5.41, 5.74) is 9.14. The lowest BCUT2D eigenvalue weighted by atomic mass is 10.2. The largest absolute Gasteiger partial charge is 0.383 e. The van der Waals surface area contributed by atoms with Crippen LogP contribution in [0.2, 0.25) is 0 Å². The predicted molar refractivity (Wildman–Crippen MR) is 76.1 cm³/mol. The molecule has 0 bridgehead atoms. The SMILES string of the molecule is Cc1c(C)n(CCc2nncn2C)c2ncnc(N)c12. The van der Waals surface area contributed by atoms with Crippen LogP contribution in [0.15, 0.2) is 12.7 Å². The Balaban J connectivity index is 2.02. The molecule has 20 heavy (non-hydrogen) atoms. The van der Waals surface area contributed by atoms with Gasteiger partial charge in [0, 0.05) is 25.7 Å². The topological polar surface area (TPSA) is 87.4 Å². The van der Waals surface area contributed by atoms with Crippen molar-refractivity contribution in [1.29, 1.82) is 0 Å². The fourth-order valence-electron chi connectivity index (χ4n) is 2.51. The van der Waals surface area contributed by atoms with Gasteiger partial charge in [-0.15, -0.1) is 10.2 Å². The summed E-state index contributed by atoms with van der Waals surface area (Å²) in [6.45, 7) is 4.92. The molecule has 3 rings (SSSR count). The normalized spacial score (nSPS) is 11.3. The number of nitrogens with two attached hydrogens (primary N) is 1. The van der Waals surface area contributed by atoms with Crippen molar-refractivity contribution >= 4 is 16.9 Å². The highest BCUT2D eigenvalue weighted by atomic mass is 15.2. The highest BCUT2D eigenvalue weighted by Crippen LogP contribution is 2.26. The molecule has 0 radical (unpaired) electrons. The summed E-state index contributed by atoms with van der Waals surface area (Å²) in [6.07, 6.45) is 4.02. The van der Waals surface area contributed by atoms with Crippen LogP contribution in [0, 0.1) is 13.8 Å². The van der Waals surface area contributed by atoms with Crippen LogP contribution in [0.5, 0.6) is 0 Å². The second-order valence-corrected chi connectivity index (χ2v) is 4.93. The van der Waals surface area contributed by atoms with Gasteiger partial charge in [-0.1, -0.05) is 0 Å². The minimum absolute atomic E-state index is 0.535. The molecule has 3 aromatic rings. The quantitative estimate of drug-likeness (QED) is 0.768. The average Bonchev–Trinajstić information content (AvgIpc) is 2.93. The van der Waals surface area contributed by atoms with E-state index in [0.29, 0.717) is 5.82 Å². The molecule has 2 N–H and O–H groups in total. The van der Waals surface area contributed by atoms with Gasteiger partial charge in [0.2, 0.25) is 0 Å². The molecule has 0 aliphatic rings. The molecule has 0 saturated carbocycles. The van der Waals surface area contributed by atoms with E-state index < -0.39 is 0 Å². The number of aryl methyl sites for hydroxylation is 4. The van der Waals surface area contributed by atoms with Gasteiger partial charge in [0.1, 0.15) is 29.9 Å². The Kier molecular flexibility index (Phi) is 2.89. The number of aromatic nitrogens is 6. The van der Waals surface area contributed by atoms with E-state index >= 15 is 0 Å². The second kappa shape index (κ2) is 4.59. The van der Waals surface area contributed by atoms with Crippen LogP contribution in [0.3, 0.4) is 0 Å². The average molecular weight is 271 g/mol. The van der Waals surface area contributed by atoms with E-state index in [1.165, 1.54) is 6.33 Å². The van der Waals surface area contributed by atoms with Crippen molar-refractivity contribution in [3.63, 3.8) is 0 Å². The fourth-order valence-corrected chi connectivity index (χ4v) is 2.51. The molecule has 0 unspecified atom stereocenters. The van der Waals surface area contributed by atoms with E-state index in [1.54, 1.807) is 6.33 Å². The summed E-state index contributed by atoms with van der Waals surface area (Å²) in [5, 5.41) is 8.95. The lowest BCUT2D eigenvalue weighted by Crippen LogP contribution is -2.08. The smallest absolute Gasteiger partial charge is 0.145 e. The fraction of sp³-hybridized carbons (Fsp3) is 0.385. The molecule has 0 atom stereocenters. The molecule has 0 amide bonds. The Morgan fingerprint density at radius 3 is 2.75 bits per heavy atom. The molecule has 0 spiro atoms. The standard InChI is InChI=1S/C13H17N7/c1-8-9(2)20(5-4-10-18-17-7-19(10)3)13-11(8)12(14)15-6-16-13/h6-7H,4-5H2,1-3H3,(H2,14,15,16). The van der Waals surface area contributed by atoms with Gasteiger partial charge in [-0.25, -0.2) is 9.97 Å². The molecule has 0 aromatic carbocycles. The van der Waals surface area contributed by atoms with Gasteiger partial charge in [-0.05, 0) is 19.4 Å². The minimum Gasteiger partial charge on any atom is -0.383 e. The Labute approximate surface area is 116 Å². The van der Waals surface area contributed by atoms with Crippen LogP contribution in [-0.2, 0) is 20.0 Å². The zero-order valence-corrected chi connectivity index (χ0v) is 11.8. The Bertz CT molecular complexity index is 768. The highest BCUT2D eigenvalue weighted by molar-refractivity contribution is 5.90. The second-order valence-electron chi connectivity index (χ2n) is 4.93. The molecule has 7 nitrogen and oxygen atoms in total. The monoisotopic (exact) mass is 271 g/mol. The van der Waals surface area contributed by atoms with E-state index in [-0.39, 0.29) is 0 Å². The molecule has 0 aliphatic carbocycles. The summed E-state index contributed by atoms with van der Waals surface area (Å²) in [4.78, 5) is 8.45. The third-order valence-electron chi connectivity index (χ3n) is 3.80. The number of rotatable bonds is 3. The maximum atomic E-state index is 5.96. The van der Waals surface area contributed by atoms with Crippen molar-refractivity contribution < 1.29 is 0 Å². The number of nitrogens with zero attached hydrogens (tertiary/aromatic N) is 6. The van der Waals surface area contributed by atoms with Crippen molar-refractivity contribution in [2.45, 2.75) is 26.8 Å². The maximum Gasteiger partial charge on any atom is 0.145 e. The molecule has 3 heterocycles. The molecule has 3 aromatic heterocycles. The van der Waals surface area contributed by atoms with Crippen LogP contribution in [0.1, 0.15) is 17.1 Å². The predicted octanol–water partition coefficient (Wildman–Crippen LogP) is 1.00. The van der Waals surface area contributed by atoms with Crippen LogP contribution in [-0.4, -0.2) is 29.3 Å². The lowest BCUT2D eigenvalue weighted by Gasteiger charge is -2.07. The number of hydrogen-bond donors (Lipinski definition) is 1. The first kappa shape index (κ1) is 12.6. The van der Waals surface area contributed by atoms with E-state index in [1.807, 2.05) is 11.6 Å². The van der Waals surface area contributed by atoms with Gasteiger partial charge in [0.15, 0.2) is 0 Å². The molecule has 0 saturated heterocycles. The Hall–Kier alpha value is -2.44. The van der Waals surface area contributed by atoms with Crippen LogP contribution < -0.4 is 5.73 Å². The summed E-state index contributed by atoms with van der Waals surface area (Å²) in [5.74, 6) is 1.49. The van der Waals surface area contributed by atoms with Gasteiger partial charge >= 0.3 is 0 Å². The molecule has 104 valence electrons.